The Labute approximate surface area is 102 Å². The molecule has 0 radical (unpaired) electrons. The molecule has 96 valence electrons. The van der Waals surface area contributed by atoms with Crippen LogP contribution in [-0.2, 0) is 0 Å². The molecule has 16 heavy (non-hydrogen) atoms. The van der Waals surface area contributed by atoms with Crippen LogP contribution >= 0.6 is 0 Å². The summed E-state index contributed by atoms with van der Waals surface area (Å²) in [7, 11) is 0. The fraction of sp³-hybridized carbons (Fsp3) is 1.00. The second-order valence-electron chi connectivity index (χ2n) is 5.84. The number of rotatable bonds is 6. The van der Waals surface area contributed by atoms with Gasteiger partial charge in [-0.05, 0) is 57.7 Å². The van der Waals surface area contributed by atoms with Crippen LogP contribution in [-0.4, -0.2) is 37.1 Å². The SMILES string of the molecule is CCN1CCCC(CNC(C)CC(C)C)C1. The Kier molecular flexibility index (Phi) is 6.37. The van der Waals surface area contributed by atoms with Crippen molar-refractivity contribution in [3.8, 4) is 0 Å². The maximum absolute atomic E-state index is 3.70. The maximum atomic E-state index is 3.70. The van der Waals surface area contributed by atoms with Crippen molar-refractivity contribution in [1.29, 1.82) is 0 Å². The van der Waals surface area contributed by atoms with E-state index in [1.807, 2.05) is 0 Å². The van der Waals surface area contributed by atoms with E-state index < -0.39 is 0 Å². The van der Waals surface area contributed by atoms with E-state index in [9.17, 15) is 0 Å². The summed E-state index contributed by atoms with van der Waals surface area (Å²) in [6.45, 7) is 14.3. The van der Waals surface area contributed by atoms with Crippen molar-refractivity contribution in [1.82, 2.24) is 10.2 Å². The lowest BCUT2D eigenvalue weighted by Crippen LogP contribution is -2.41. The molecule has 0 spiro atoms. The minimum atomic E-state index is 0.678. The predicted octanol–water partition coefficient (Wildman–Crippen LogP) is 2.74. The van der Waals surface area contributed by atoms with Gasteiger partial charge in [-0.25, -0.2) is 0 Å². The van der Waals surface area contributed by atoms with Gasteiger partial charge in [0.2, 0.25) is 0 Å². The molecule has 0 saturated carbocycles. The standard InChI is InChI=1S/C14H30N2/c1-5-16-8-6-7-14(11-16)10-15-13(4)9-12(2)3/h12-15H,5-11H2,1-4H3. The molecule has 0 aromatic heterocycles. The third-order valence-electron chi connectivity index (χ3n) is 3.63. The topological polar surface area (TPSA) is 15.3 Å². The van der Waals surface area contributed by atoms with Gasteiger partial charge in [-0.15, -0.1) is 0 Å². The van der Waals surface area contributed by atoms with Crippen molar-refractivity contribution in [2.75, 3.05) is 26.2 Å². The van der Waals surface area contributed by atoms with E-state index in [0.29, 0.717) is 6.04 Å². The number of nitrogens with zero attached hydrogens (tertiary/aromatic N) is 1. The number of nitrogens with one attached hydrogen (secondary N) is 1. The Balaban J connectivity index is 2.16. The Hall–Kier alpha value is -0.0800. The molecule has 1 N–H and O–H groups in total. The fourth-order valence-electron chi connectivity index (χ4n) is 2.76. The number of hydrogen-bond donors (Lipinski definition) is 1. The highest BCUT2D eigenvalue weighted by Gasteiger charge is 2.18. The number of hydrogen-bond acceptors (Lipinski definition) is 2. The van der Waals surface area contributed by atoms with E-state index in [2.05, 4.69) is 37.9 Å². The zero-order chi connectivity index (χ0) is 12.0. The molecule has 1 rings (SSSR count). The molecule has 0 aromatic rings. The lowest BCUT2D eigenvalue weighted by molar-refractivity contribution is 0.177. The minimum absolute atomic E-state index is 0.678. The van der Waals surface area contributed by atoms with Crippen LogP contribution in [0.3, 0.4) is 0 Å². The van der Waals surface area contributed by atoms with Crippen LogP contribution in [0.1, 0.15) is 47.0 Å². The second kappa shape index (κ2) is 7.29. The first-order valence-electron chi connectivity index (χ1n) is 7.07. The first-order chi connectivity index (χ1) is 7.61. The smallest absolute Gasteiger partial charge is 0.00412 e. The van der Waals surface area contributed by atoms with Crippen molar-refractivity contribution < 1.29 is 0 Å². The maximum Gasteiger partial charge on any atom is 0.00412 e. The normalized spacial score (nSPS) is 24.9. The summed E-state index contributed by atoms with van der Waals surface area (Å²) < 4.78 is 0. The molecule has 2 heteroatoms. The molecule has 0 aromatic carbocycles. The van der Waals surface area contributed by atoms with Crippen molar-refractivity contribution in [2.45, 2.75) is 53.0 Å². The monoisotopic (exact) mass is 226 g/mol. The molecule has 2 nitrogen and oxygen atoms in total. The van der Waals surface area contributed by atoms with E-state index >= 15 is 0 Å². The molecule has 1 aliphatic heterocycles. The van der Waals surface area contributed by atoms with E-state index in [0.717, 1.165) is 11.8 Å². The average Bonchev–Trinajstić information content (AvgIpc) is 2.26. The second-order valence-corrected chi connectivity index (χ2v) is 5.84. The largest absolute Gasteiger partial charge is 0.314 e. The molecule has 0 aliphatic carbocycles. The predicted molar refractivity (Wildman–Crippen MR) is 71.8 cm³/mol. The number of piperidine rings is 1. The lowest BCUT2D eigenvalue weighted by atomic mass is 9.97. The van der Waals surface area contributed by atoms with Crippen LogP contribution in [0.5, 0.6) is 0 Å². The Morgan fingerprint density at radius 2 is 2.06 bits per heavy atom. The first kappa shape index (κ1) is 14.0. The molecule has 1 fully saturated rings. The summed E-state index contributed by atoms with van der Waals surface area (Å²) in [4.78, 5) is 2.59. The molecule has 2 unspecified atom stereocenters. The van der Waals surface area contributed by atoms with Gasteiger partial charge in [0.05, 0.1) is 0 Å². The highest BCUT2D eigenvalue weighted by atomic mass is 15.1. The van der Waals surface area contributed by atoms with Gasteiger partial charge in [0, 0.05) is 12.6 Å². The van der Waals surface area contributed by atoms with Crippen LogP contribution in [0.4, 0.5) is 0 Å². The van der Waals surface area contributed by atoms with Gasteiger partial charge in [0.25, 0.3) is 0 Å². The van der Waals surface area contributed by atoms with Crippen LogP contribution in [0.25, 0.3) is 0 Å². The molecular formula is C14H30N2. The van der Waals surface area contributed by atoms with Crippen LogP contribution < -0.4 is 5.32 Å². The molecule has 0 amide bonds. The van der Waals surface area contributed by atoms with Gasteiger partial charge in [0.1, 0.15) is 0 Å². The van der Waals surface area contributed by atoms with Crippen LogP contribution in [0.15, 0.2) is 0 Å². The Morgan fingerprint density at radius 3 is 2.69 bits per heavy atom. The molecule has 1 aliphatic rings. The summed E-state index contributed by atoms with van der Waals surface area (Å²) in [5.74, 6) is 1.68. The average molecular weight is 226 g/mol. The Morgan fingerprint density at radius 1 is 1.31 bits per heavy atom. The van der Waals surface area contributed by atoms with Crippen molar-refractivity contribution >= 4 is 0 Å². The third kappa shape index (κ3) is 5.31. The minimum Gasteiger partial charge on any atom is -0.314 e. The van der Waals surface area contributed by atoms with Gasteiger partial charge in [-0.2, -0.15) is 0 Å². The van der Waals surface area contributed by atoms with Gasteiger partial charge in [-0.1, -0.05) is 20.8 Å². The van der Waals surface area contributed by atoms with E-state index in [-0.39, 0.29) is 0 Å². The Bertz CT molecular complexity index is 180. The third-order valence-corrected chi connectivity index (χ3v) is 3.63. The first-order valence-corrected chi connectivity index (χ1v) is 7.07. The molecule has 1 saturated heterocycles. The van der Waals surface area contributed by atoms with Crippen molar-refractivity contribution in [3.05, 3.63) is 0 Å². The highest BCUT2D eigenvalue weighted by Crippen LogP contribution is 2.15. The highest BCUT2D eigenvalue weighted by molar-refractivity contribution is 4.75. The van der Waals surface area contributed by atoms with Crippen molar-refractivity contribution in [2.24, 2.45) is 11.8 Å². The summed E-state index contributed by atoms with van der Waals surface area (Å²) in [5.41, 5.74) is 0. The zero-order valence-electron chi connectivity index (χ0n) is 11.6. The van der Waals surface area contributed by atoms with Crippen LogP contribution in [0.2, 0.25) is 0 Å². The zero-order valence-corrected chi connectivity index (χ0v) is 11.6. The lowest BCUT2D eigenvalue weighted by Gasteiger charge is -2.32. The number of likely N-dealkylation sites (tertiary alicyclic amines) is 1. The quantitative estimate of drug-likeness (QED) is 0.749. The molecule has 1 heterocycles. The summed E-state index contributed by atoms with van der Waals surface area (Å²) in [5, 5.41) is 3.70. The summed E-state index contributed by atoms with van der Waals surface area (Å²) in [6.07, 6.45) is 4.10. The van der Waals surface area contributed by atoms with Crippen LogP contribution in [0, 0.1) is 11.8 Å². The summed E-state index contributed by atoms with van der Waals surface area (Å²) >= 11 is 0. The van der Waals surface area contributed by atoms with E-state index in [4.69, 9.17) is 0 Å². The van der Waals surface area contributed by atoms with E-state index in [1.54, 1.807) is 0 Å². The molecule has 0 bridgehead atoms. The molecular weight excluding hydrogens is 196 g/mol. The van der Waals surface area contributed by atoms with E-state index in [1.165, 1.54) is 45.4 Å². The summed E-state index contributed by atoms with van der Waals surface area (Å²) in [6, 6.07) is 0.678. The van der Waals surface area contributed by atoms with Crippen molar-refractivity contribution in [3.63, 3.8) is 0 Å². The van der Waals surface area contributed by atoms with Gasteiger partial charge >= 0.3 is 0 Å². The van der Waals surface area contributed by atoms with Gasteiger partial charge in [-0.3, -0.25) is 0 Å². The van der Waals surface area contributed by atoms with Gasteiger partial charge in [0.15, 0.2) is 0 Å². The molecule has 2 atom stereocenters. The fourth-order valence-corrected chi connectivity index (χ4v) is 2.76. The van der Waals surface area contributed by atoms with Gasteiger partial charge < -0.3 is 10.2 Å².